The van der Waals surface area contributed by atoms with Crippen LogP contribution in [0.25, 0.3) is 0 Å². The molecule has 0 aromatic carbocycles. The van der Waals surface area contributed by atoms with Gasteiger partial charge in [0.05, 0.1) is 6.10 Å². The van der Waals surface area contributed by atoms with Crippen molar-refractivity contribution in [2.45, 2.75) is 45.4 Å². The summed E-state index contributed by atoms with van der Waals surface area (Å²) in [7, 11) is -0.749. The molecule has 4 atom stereocenters. The molecular weight excluding hydrogens is 198 g/mol. The van der Waals surface area contributed by atoms with Gasteiger partial charge in [0.2, 0.25) is 0 Å². The molecule has 0 saturated heterocycles. The van der Waals surface area contributed by atoms with Gasteiger partial charge in [0.25, 0.3) is 0 Å². The SMILES string of the molecule is CC(CS(C)=O)NC1CC(O)C1(C)C. The fourth-order valence-electron chi connectivity index (χ4n) is 1.93. The van der Waals surface area contributed by atoms with Gasteiger partial charge in [-0.15, -0.1) is 0 Å². The first-order chi connectivity index (χ1) is 6.34. The lowest BCUT2D eigenvalue weighted by Gasteiger charge is -2.50. The summed E-state index contributed by atoms with van der Waals surface area (Å²) in [4.78, 5) is 0. The van der Waals surface area contributed by atoms with Crippen LogP contribution in [0.4, 0.5) is 0 Å². The van der Waals surface area contributed by atoms with E-state index in [2.05, 4.69) is 19.2 Å². The number of rotatable bonds is 4. The lowest BCUT2D eigenvalue weighted by molar-refractivity contribution is -0.0745. The Balaban J connectivity index is 2.36. The smallest absolute Gasteiger partial charge is 0.0621 e. The van der Waals surface area contributed by atoms with E-state index >= 15 is 0 Å². The van der Waals surface area contributed by atoms with Crippen LogP contribution in [0.15, 0.2) is 0 Å². The molecule has 1 aliphatic rings. The van der Waals surface area contributed by atoms with Crippen LogP contribution < -0.4 is 5.32 Å². The summed E-state index contributed by atoms with van der Waals surface area (Å²) in [5.41, 5.74) is -0.0382. The highest BCUT2D eigenvalue weighted by Crippen LogP contribution is 2.40. The second-order valence-electron chi connectivity index (χ2n) is 4.93. The Hall–Kier alpha value is 0.0700. The lowest BCUT2D eigenvalue weighted by atomic mass is 9.64. The maximum atomic E-state index is 11.0. The van der Waals surface area contributed by atoms with Crippen molar-refractivity contribution in [2.75, 3.05) is 12.0 Å². The molecule has 4 heteroatoms. The van der Waals surface area contributed by atoms with Gasteiger partial charge < -0.3 is 10.4 Å². The Labute approximate surface area is 88.7 Å². The third-order valence-electron chi connectivity index (χ3n) is 3.19. The van der Waals surface area contributed by atoms with Crippen LogP contribution in [0.2, 0.25) is 0 Å². The van der Waals surface area contributed by atoms with Crippen LogP contribution in [0.3, 0.4) is 0 Å². The molecule has 84 valence electrons. The molecule has 0 heterocycles. The van der Waals surface area contributed by atoms with Gasteiger partial charge in [-0.2, -0.15) is 0 Å². The lowest BCUT2D eigenvalue weighted by Crippen LogP contribution is -2.62. The maximum Gasteiger partial charge on any atom is 0.0621 e. The predicted octanol–water partition coefficient (Wildman–Crippen LogP) is 0.502. The quantitative estimate of drug-likeness (QED) is 0.724. The van der Waals surface area contributed by atoms with E-state index < -0.39 is 10.8 Å². The number of aliphatic hydroxyl groups excluding tert-OH is 1. The van der Waals surface area contributed by atoms with Crippen LogP contribution >= 0.6 is 0 Å². The Bertz CT molecular complexity index is 230. The van der Waals surface area contributed by atoms with E-state index in [1.165, 1.54) is 0 Å². The molecule has 0 spiro atoms. The number of hydrogen-bond donors (Lipinski definition) is 2. The van der Waals surface area contributed by atoms with E-state index in [-0.39, 0.29) is 17.6 Å². The second-order valence-corrected chi connectivity index (χ2v) is 6.41. The highest BCUT2D eigenvalue weighted by Gasteiger charge is 2.47. The van der Waals surface area contributed by atoms with Gasteiger partial charge in [-0.3, -0.25) is 4.21 Å². The average Bonchev–Trinajstić information content (AvgIpc) is 2.02. The Morgan fingerprint density at radius 2 is 2.21 bits per heavy atom. The fraction of sp³-hybridized carbons (Fsp3) is 1.00. The molecule has 2 N–H and O–H groups in total. The zero-order valence-corrected chi connectivity index (χ0v) is 10.2. The molecule has 0 aromatic rings. The van der Waals surface area contributed by atoms with Crippen LogP contribution in [0.1, 0.15) is 27.2 Å². The molecule has 14 heavy (non-hydrogen) atoms. The molecule has 0 aliphatic heterocycles. The van der Waals surface area contributed by atoms with Gasteiger partial charge in [-0.25, -0.2) is 0 Å². The molecule has 3 nitrogen and oxygen atoms in total. The molecule has 1 rings (SSSR count). The topological polar surface area (TPSA) is 49.3 Å². The van der Waals surface area contributed by atoms with Gasteiger partial charge in [0.15, 0.2) is 0 Å². The van der Waals surface area contributed by atoms with Crippen molar-refractivity contribution in [3.05, 3.63) is 0 Å². The zero-order chi connectivity index (χ0) is 10.9. The summed E-state index contributed by atoms with van der Waals surface area (Å²) in [5, 5.41) is 13.0. The minimum atomic E-state index is -0.749. The first kappa shape index (κ1) is 12.1. The van der Waals surface area contributed by atoms with Gasteiger partial charge in [0.1, 0.15) is 0 Å². The minimum absolute atomic E-state index is 0.0382. The monoisotopic (exact) mass is 219 g/mol. The largest absolute Gasteiger partial charge is 0.392 e. The van der Waals surface area contributed by atoms with E-state index in [1.54, 1.807) is 6.26 Å². The average molecular weight is 219 g/mol. The van der Waals surface area contributed by atoms with E-state index in [0.29, 0.717) is 11.8 Å². The zero-order valence-electron chi connectivity index (χ0n) is 9.41. The number of hydrogen-bond acceptors (Lipinski definition) is 3. The van der Waals surface area contributed by atoms with Crippen molar-refractivity contribution < 1.29 is 9.32 Å². The minimum Gasteiger partial charge on any atom is -0.392 e. The molecule has 0 radical (unpaired) electrons. The van der Waals surface area contributed by atoms with Crippen molar-refractivity contribution in [3.8, 4) is 0 Å². The first-order valence-corrected chi connectivity index (χ1v) is 6.81. The summed E-state index contributed by atoms with van der Waals surface area (Å²) >= 11 is 0. The molecule has 4 unspecified atom stereocenters. The Morgan fingerprint density at radius 3 is 2.57 bits per heavy atom. The molecule has 1 aliphatic carbocycles. The normalized spacial score (nSPS) is 34.6. The Kier molecular flexibility index (Phi) is 3.72. The fourth-order valence-corrected chi connectivity index (χ4v) is 2.73. The van der Waals surface area contributed by atoms with Gasteiger partial charge in [-0.1, -0.05) is 13.8 Å². The Morgan fingerprint density at radius 1 is 1.64 bits per heavy atom. The van der Waals surface area contributed by atoms with Crippen LogP contribution in [-0.4, -0.2) is 39.5 Å². The third kappa shape index (κ3) is 2.55. The van der Waals surface area contributed by atoms with Crippen molar-refractivity contribution >= 4 is 10.8 Å². The summed E-state index contributed by atoms with van der Waals surface area (Å²) in [6.45, 7) is 6.17. The summed E-state index contributed by atoms with van der Waals surface area (Å²) in [5.74, 6) is 0.683. The number of nitrogens with one attached hydrogen (secondary N) is 1. The molecule has 0 bridgehead atoms. The standard InChI is InChI=1S/C10H21NO2S/c1-7(6-14(4)13)11-8-5-9(12)10(8,2)3/h7-9,11-12H,5-6H2,1-4H3. The van der Waals surface area contributed by atoms with Crippen LogP contribution in [0.5, 0.6) is 0 Å². The molecular formula is C10H21NO2S. The summed E-state index contributed by atoms with van der Waals surface area (Å²) in [6.07, 6.45) is 2.34. The van der Waals surface area contributed by atoms with E-state index in [4.69, 9.17) is 0 Å². The van der Waals surface area contributed by atoms with E-state index in [0.717, 1.165) is 6.42 Å². The van der Waals surface area contributed by atoms with Crippen molar-refractivity contribution in [2.24, 2.45) is 5.41 Å². The van der Waals surface area contributed by atoms with Gasteiger partial charge >= 0.3 is 0 Å². The molecule has 0 amide bonds. The third-order valence-corrected chi connectivity index (χ3v) is 4.16. The van der Waals surface area contributed by atoms with Gasteiger partial charge in [-0.05, 0) is 13.3 Å². The predicted molar refractivity (Wildman–Crippen MR) is 59.7 cm³/mol. The van der Waals surface area contributed by atoms with Crippen molar-refractivity contribution in [3.63, 3.8) is 0 Å². The highest BCUT2D eigenvalue weighted by molar-refractivity contribution is 7.84. The number of aliphatic hydroxyl groups is 1. The highest BCUT2D eigenvalue weighted by atomic mass is 32.2. The van der Waals surface area contributed by atoms with Gasteiger partial charge in [0, 0.05) is 40.3 Å². The van der Waals surface area contributed by atoms with Crippen LogP contribution in [0, 0.1) is 5.41 Å². The molecule has 1 fully saturated rings. The second kappa shape index (κ2) is 4.29. The maximum absolute atomic E-state index is 11.0. The van der Waals surface area contributed by atoms with Crippen molar-refractivity contribution in [1.82, 2.24) is 5.32 Å². The summed E-state index contributed by atoms with van der Waals surface area (Å²) in [6, 6.07) is 0.619. The molecule has 1 saturated carbocycles. The van der Waals surface area contributed by atoms with E-state index in [9.17, 15) is 9.32 Å². The van der Waals surface area contributed by atoms with E-state index in [1.807, 2.05) is 6.92 Å². The van der Waals surface area contributed by atoms with Crippen LogP contribution in [-0.2, 0) is 10.8 Å². The summed E-state index contributed by atoms with van der Waals surface area (Å²) < 4.78 is 11.0. The van der Waals surface area contributed by atoms with Crippen molar-refractivity contribution in [1.29, 1.82) is 0 Å². The first-order valence-electron chi connectivity index (χ1n) is 5.08. The molecule has 0 aromatic heterocycles.